The van der Waals surface area contributed by atoms with Crippen LogP contribution in [0.1, 0.15) is 73.1 Å². The number of allylic oxidation sites excluding steroid dienone is 3. The van der Waals surface area contributed by atoms with E-state index in [4.69, 9.17) is 0 Å². The van der Waals surface area contributed by atoms with E-state index in [1.165, 1.54) is 44.1 Å². The third-order valence-corrected chi connectivity index (χ3v) is 6.16. The van der Waals surface area contributed by atoms with E-state index in [-0.39, 0.29) is 0 Å². The summed E-state index contributed by atoms with van der Waals surface area (Å²) < 4.78 is 0. The summed E-state index contributed by atoms with van der Waals surface area (Å²) in [6, 6.07) is 0. The van der Waals surface area contributed by atoms with Crippen LogP contribution in [-0.4, -0.2) is 0 Å². The van der Waals surface area contributed by atoms with Gasteiger partial charge in [-0.25, -0.2) is 0 Å². The zero-order valence-electron chi connectivity index (χ0n) is 13.7. The lowest BCUT2D eigenvalue weighted by Gasteiger charge is -2.57. The van der Waals surface area contributed by atoms with Crippen LogP contribution in [-0.2, 0) is 0 Å². The van der Waals surface area contributed by atoms with Crippen molar-refractivity contribution in [2.75, 3.05) is 0 Å². The Morgan fingerprint density at radius 2 is 2.00 bits per heavy atom. The fourth-order valence-electron chi connectivity index (χ4n) is 5.09. The largest absolute Gasteiger partial charge is 0.100 e. The van der Waals surface area contributed by atoms with Gasteiger partial charge in [0.2, 0.25) is 0 Å². The minimum atomic E-state index is 0.520. The second-order valence-corrected chi connectivity index (χ2v) is 8.13. The molecule has 0 spiro atoms. The molecule has 0 aromatic rings. The molecule has 2 aliphatic rings. The van der Waals surface area contributed by atoms with Crippen molar-refractivity contribution in [3.8, 4) is 0 Å². The summed E-state index contributed by atoms with van der Waals surface area (Å²) in [6.07, 6.45) is 10.6. The monoisotopic (exact) mass is 260 g/mol. The number of rotatable bonds is 3. The van der Waals surface area contributed by atoms with Crippen LogP contribution in [0.5, 0.6) is 0 Å². The van der Waals surface area contributed by atoms with Gasteiger partial charge < -0.3 is 0 Å². The van der Waals surface area contributed by atoms with Crippen LogP contribution in [0.4, 0.5) is 0 Å². The molecular weight excluding hydrogens is 228 g/mol. The van der Waals surface area contributed by atoms with Gasteiger partial charge in [0, 0.05) is 0 Å². The summed E-state index contributed by atoms with van der Waals surface area (Å²) in [5.74, 6) is 1.65. The van der Waals surface area contributed by atoms with Gasteiger partial charge in [0.25, 0.3) is 0 Å². The Balaban J connectivity index is 2.28. The average Bonchev–Trinajstić information content (AvgIpc) is 2.26. The van der Waals surface area contributed by atoms with Crippen molar-refractivity contribution >= 4 is 0 Å². The van der Waals surface area contributed by atoms with Gasteiger partial charge in [-0.15, -0.1) is 6.58 Å². The minimum Gasteiger partial charge on any atom is -0.100 e. The van der Waals surface area contributed by atoms with E-state index in [0.29, 0.717) is 10.8 Å². The van der Waals surface area contributed by atoms with E-state index < -0.39 is 0 Å². The van der Waals surface area contributed by atoms with Crippen LogP contribution in [0, 0.1) is 22.7 Å². The molecule has 19 heavy (non-hydrogen) atoms. The molecule has 1 saturated carbocycles. The Bertz CT molecular complexity index is 385. The van der Waals surface area contributed by atoms with E-state index in [1.807, 2.05) is 0 Å². The van der Waals surface area contributed by atoms with Crippen molar-refractivity contribution in [2.45, 2.75) is 73.1 Å². The second kappa shape index (κ2) is 5.11. The number of hydrogen-bond donors (Lipinski definition) is 0. The normalized spacial score (nSPS) is 37.4. The molecule has 3 atom stereocenters. The lowest BCUT2D eigenvalue weighted by Crippen LogP contribution is -2.48. The quantitative estimate of drug-likeness (QED) is 0.534. The molecule has 0 aliphatic heterocycles. The summed E-state index contributed by atoms with van der Waals surface area (Å²) >= 11 is 0. The molecule has 1 fully saturated rings. The maximum Gasteiger partial charge on any atom is -0.0146 e. The maximum atomic E-state index is 4.10. The molecule has 1 unspecified atom stereocenters. The summed E-state index contributed by atoms with van der Waals surface area (Å²) in [7, 11) is 0. The van der Waals surface area contributed by atoms with Crippen LogP contribution in [0.2, 0.25) is 0 Å². The van der Waals surface area contributed by atoms with Crippen LogP contribution in [0.15, 0.2) is 23.8 Å². The molecule has 0 nitrogen and oxygen atoms in total. The highest BCUT2D eigenvalue weighted by molar-refractivity contribution is 5.18. The molecule has 2 aliphatic carbocycles. The van der Waals surface area contributed by atoms with Crippen LogP contribution in [0.3, 0.4) is 0 Å². The molecule has 0 heterocycles. The molecule has 0 aromatic carbocycles. The summed E-state index contributed by atoms with van der Waals surface area (Å²) in [5.41, 5.74) is 4.04. The highest BCUT2D eigenvalue weighted by Crippen LogP contribution is 2.60. The number of fused-ring (bicyclic) bond motifs is 1. The fraction of sp³-hybridized carbons (Fsp3) is 0.789. The van der Waals surface area contributed by atoms with Crippen LogP contribution in [0.25, 0.3) is 0 Å². The Morgan fingerprint density at radius 1 is 1.32 bits per heavy atom. The Kier molecular flexibility index (Phi) is 4.00. The van der Waals surface area contributed by atoms with Crippen molar-refractivity contribution in [1.29, 1.82) is 0 Å². The zero-order valence-corrected chi connectivity index (χ0v) is 13.7. The van der Waals surface area contributed by atoms with Gasteiger partial charge >= 0.3 is 0 Å². The SMILES string of the molecule is C=C(C)CC[C@H]1C(C)=CCC2C(C)(C)CCC[C@@]21C. The van der Waals surface area contributed by atoms with Crippen LogP contribution >= 0.6 is 0 Å². The molecule has 0 bridgehead atoms. The highest BCUT2D eigenvalue weighted by atomic mass is 14.6. The predicted molar refractivity (Wildman–Crippen MR) is 85.1 cm³/mol. The first-order valence-corrected chi connectivity index (χ1v) is 8.08. The first-order chi connectivity index (χ1) is 8.77. The molecule has 0 heteroatoms. The highest BCUT2D eigenvalue weighted by Gasteiger charge is 2.51. The third kappa shape index (κ3) is 2.69. The molecule has 0 amide bonds. The lowest BCUT2D eigenvalue weighted by atomic mass is 9.48. The van der Waals surface area contributed by atoms with Gasteiger partial charge in [0.1, 0.15) is 0 Å². The maximum absolute atomic E-state index is 4.10. The predicted octanol–water partition coefficient (Wildman–Crippen LogP) is 6.14. The van der Waals surface area contributed by atoms with Gasteiger partial charge in [-0.1, -0.05) is 44.4 Å². The molecular formula is C19H32. The van der Waals surface area contributed by atoms with Crippen LogP contribution < -0.4 is 0 Å². The Hall–Kier alpha value is -0.520. The summed E-state index contributed by atoms with van der Waals surface area (Å²) in [5, 5.41) is 0. The van der Waals surface area contributed by atoms with Gasteiger partial charge in [-0.2, -0.15) is 0 Å². The second-order valence-electron chi connectivity index (χ2n) is 8.13. The van der Waals surface area contributed by atoms with E-state index in [2.05, 4.69) is 47.3 Å². The smallest absolute Gasteiger partial charge is 0.0146 e. The topological polar surface area (TPSA) is 0 Å². The molecule has 0 aromatic heterocycles. The summed E-state index contributed by atoms with van der Waals surface area (Å²) in [6.45, 7) is 16.2. The van der Waals surface area contributed by atoms with E-state index in [0.717, 1.165) is 11.8 Å². The number of hydrogen-bond acceptors (Lipinski definition) is 0. The Labute approximate surface area is 120 Å². The average molecular weight is 260 g/mol. The van der Waals surface area contributed by atoms with Crippen molar-refractivity contribution in [1.82, 2.24) is 0 Å². The van der Waals surface area contributed by atoms with Gasteiger partial charge in [-0.3, -0.25) is 0 Å². The van der Waals surface area contributed by atoms with E-state index in [1.54, 1.807) is 5.57 Å². The molecule has 2 rings (SSSR count). The summed E-state index contributed by atoms with van der Waals surface area (Å²) in [4.78, 5) is 0. The first-order valence-electron chi connectivity index (χ1n) is 8.08. The first kappa shape index (κ1) is 14.9. The van der Waals surface area contributed by atoms with Gasteiger partial charge in [0.05, 0.1) is 0 Å². The standard InChI is InChI=1S/C19H32/c1-14(2)8-10-16-15(3)9-11-17-18(4,5)12-7-13-19(16,17)6/h9,16-17H,1,7-8,10-13H2,2-6H3/t16-,17?,19+/m0/s1. The molecule has 0 N–H and O–H groups in total. The minimum absolute atomic E-state index is 0.520. The third-order valence-electron chi connectivity index (χ3n) is 6.16. The lowest BCUT2D eigenvalue weighted by molar-refractivity contribution is -0.0390. The van der Waals surface area contributed by atoms with Gasteiger partial charge in [0.15, 0.2) is 0 Å². The van der Waals surface area contributed by atoms with Crippen molar-refractivity contribution in [2.24, 2.45) is 22.7 Å². The zero-order chi connectivity index (χ0) is 14.3. The molecule has 0 saturated heterocycles. The molecule has 108 valence electrons. The van der Waals surface area contributed by atoms with Crippen molar-refractivity contribution in [3.05, 3.63) is 23.8 Å². The Morgan fingerprint density at radius 3 is 2.63 bits per heavy atom. The van der Waals surface area contributed by atoms with Crippen molar-refractivity contribution < 1.29 is 0 Å². The van der Waals surface area contributed by atoms with Crippen molar-refractivity contribution in [3.63, 3.8) is 0 Å². The van der Waals surface area contributed by atoms with E-state index >= 15 is 0 Å². The van der Waals surface area contributed by atoms with E-state index in [9.17, 15) is 0 Å². The fourth-order valence-corrected chi connectivity index (χ4v) is 5.09. The van der Waals surface area contributed by atoms with Gasteiger partial charge in [-0.05, 0) is 68.6 Å². The molecule has 0 radical (unpaired) electrons.